The SMILES string of the molecule is CC[C@H](/C=C/[C@@H](C)[C@H]1CC[C@H]2[C@@H]3CC(=O)[C@@]4(O)C[C@@H](O)CC[C@]4(C)[C@H]3CC[C@]12C)C(C)C. The van der Waals surface area contributed by atoms with Crippen molar-refractivity contribution in [3.63, 3.8) is 0 Å². The van der Waals surface area contributed by atoms with E-state index in [4.69, 9.17) is 0 Å². The number of Topliss-reactive ketones (excluding diaryl/α,β-unsaturated/α-hetero) is 1. The number of carbonyl (C=O) groups is 1. The highest BCUT2D eigenvalue weighted by Gasteiger charge is 2.67. The van der Waals surface area contributed by atoms with Gasteiger partial charge in [-0.3, -0.25) is 4.79 Å². The van der Waals surface area contributed by atoms with Gasteiger partial charge in [0.15, 0.2) is 5.78 Å². The average Bonchev–Trinajstić information content (AvgIpc) is 3.08. The Morgan fingerprint density at radius 1 is 1.03 bits per heavy atom. The van der Waals surface area contributed by atoms with E-state index in [1.807, 2.05) is 0 Å². The van der Waals surface area contributed by atoms with E-state index >= 15 is 0 Å². The first kappa shape index (κ1) is 24.5. The van der Waals surface area contributed by atoms with Crippen LogP contribution in [0, 0.1) is 52.3 Å². The van der Waals surface area contributed by atoms with E-state index in [0.717, 1.165) is 19.3 Å². The molecule has 2 N–H and O–H groups in total. The van der Waals surface area contributed by atoms with Crippen molar-refractivity contribution in [3.05, 3.63) is 12.2 Å². The van der Waals surface area contributed by atoms with Gasteiger partial charge in [0.2, 0.25) is 0 Å². The van der Waals surface area contributed by atoms with E-state index in [-0.39, 0.29) is 17.6 Å². The lowest BCUT2D eigenvalue weighted by Gasteiger charge is -2.63. The molecule has 0 bridgehead atoms. The zero-order chi connectivity index (χ0) is 23.5. The van der Waals surface area contributed by atoms with Crippen molar-refractivity contribution in [1.29, 1.82) is 0 Å². The van der Waals surface area contributed by atoms with Crippen LogP contribution in [-0.4, -0.2) is 27.7 Å². The van der Waals surface area contributed by atoms with E-state index in [0.29, 0.717) is 53.3 Å². The topological polar surface area (TPSA) is 57.5 Å². The maximum atomic E-state index is 13.4. The van der Waals surface area contributed by atoms with Crippen LogP contribution >= 0.6 is 0 Å². The van der Waals surface area contributed by atoms with E-state index < -0.39 is 11.7 Å². The molecule has 32 heavy (non-hydrogen) atoms. The Hall–Kier alpha value is -0.670. The van der Waals surface area contributed by atoms with Gasteiger partial charge in [-0.05, 0) is 91.8 Å². The monoisotopic (exact) mass is 444 g/mol. The number of ketones is 1. The molecule has 3 heteroatoms. The second-order valence-corrected chi connectivity index (χ2v) is 13.0. The molecule has 4 rings (SSSR count). The number of rotatable bonds is 5. The standard InChI is InChI=1S/C29H48O3/c1-7-20(18(2)3)9-8-19(4)23-10-11-24-22-16-26(31)29(32)17-21(30)12-15-28(29,6)25(22)13-14-27(23,24)5/h8-9,18-25,30,32H,7,10-17H2,1-6H3/b9-8+/t19-,20-,21+,22+,23-,24+,25+,27-,28-,29+/m1/s1. The fourth-order valence-corrected chi connectivity index (χ4v) is 9.21. The molecule has 0 unspecified atom stereocenters. The first-order valence-corrected chi connectivity index (χ1v) is 13.6. The van der Waals surface area contributed by atoms with Crippen molar-refractivity contribution in [2.24, 2.45) is 52.3 Å². The Balaban J connectivity index is 1.56. The van der Waals surface area contributed by atoms with Gasteiger partial charge in [-0.15, -0.1) is 0 Å². The minimum atomic E-state index is -1.32. The highest BCUT2D eigenvalue weighted by atomic mass is 16.3. The van der Waals surface area contributed by atoms with E-state index in [1.54, 1.807) is 0 Å². The van der Waals surface area contributed by atoms with Crippen molar-refractivity contribution in [2.75, 3.05) is 0 Å². The largest absolute Gasteiger partial charge is 0.393 e. The molecule has 0 amide bonds. The molecule has 0 aliphatic heterocycles. The second kappa shape index (κ2) is 8.52. The maximum Gasteiger partial charge on any atom is 0.165 e. The van der Waals surface area contributed by atoms with Crippen LogP contribution < -0.4 is 0 Å². The molecule has 4 saturated carbocycles. The van der Waals surface area contributed by atoms with Gasteiger partial charge in [-0.2, -0.15) is 0 Å². The number of fused-ring (bicyclic) bond motifs is 5. The van der Waals surface area contributed by atoms with Crippen LogP contribution in [0.2, 0.25) is 0 Å². The van der Waals surface area contributed by atoms with E-state index in [2.05, 4.69) is 53.7 Å². The van der Waals surface area contributed by atoms with Crippen LogP contribution in [0.25, 0.3) is 0 Å². The van der Waals surface area contributed by atoms with Crippen molar-refractivity contribution < 1.29 is 15.0 Å². The molecule has 10 atom stereocenters. The molecule has 3 nitrogen and oxygen atoms in total. The van der Waals surface area contributed by atoms with Crippen molar-refractivity contribution in [3.8, 4) is 0 Å². The van der Waals surface area contributed by atoms with Crippen molar-refractivity contribution in [2.45, 2.75) is 111 Å². The van der Waals surface area contributed by atoms with Crippen LogP contribution in [0.4, 0.5) is 0 Å². The van der Waals surface area contributed by atoms with Gasteiger partial charge in [0.1, 0.15) is 5.60 Å². The highest BCUT2D eigenvalue weighted by Crippen LogP contribution is 2.68. The molecule has 0 spiro atoms. The van der Waals surface area contributed by atoms with E-state index in [1.165, 1.54) is 25.7 Å². The van der Waals surface area contributed by atoms with Gasteiger partial charge in [-0.25, -0.2) is 0 Å². The van der Waals surface area contributed by atoms with Crippen LogP contribution in [0.5, 0.6) is 0 Å². The average molecular weight is 445 g/mol. The molecular formula is C29H48O3. The Bertz CT molecular complexity index is 743. The van der Waals surface area contributed by atoms with Crippen molar-refractivity contribution >= 4 is 5.78 Å². The normalized spacial score (nSPS) is 48.4. The number of aliphatic hydroxyl groups is 2. The zero-order valence-corrected chi connectivity index (χ0v) is 21.4. The van der Waals surface area contributed by atoms with Gasteiger partial charge in [0.25, 0.3) is 0 Å². The van der Waals surface area contributed by atoms with Gasteiger partial charge < -0.3 is 10.2 Å². The number of allylic oxidation sites excluding steroid dienone is 2. The van der Waals surface area contributed by atoms with Crippen LogP contribution in [0.3, 0.4) is 0 Å². The summed E-state index contributed by atoms with van der Waals surface area (Å²) >= 11 is 0. The molecule has 4 aliphatic rings. The fraction of sp³-hybridized carbons (Fsp3) is 0.897. The number of hydrogen-bond donors (Lipinski definition) is 2. The number of aliphatic hydroxyl groups excluding tert-OH is 1. The molecule has 0 saturated heterocycles. The summed E-state index contributed by atoms with van der Waals surface area (Å²) in [7, 11) is 0. The van der Waals surface area contributed by atoms with Gasteiger partial charge in [-0.1, -0.05) is 53.7 Å². The van der Waals surface area contributed by atoms with Gasteiger partial charge in [0.05, 0.1) is 6.10 Å². The summed E-state index contributed by atoms with van der Waals surface area (Å²) < 4.78 is 0. The molecule has 0 aromatic heterocycles. The summed E-state index contributed by atoms with van der Waals surface area (Å²) in [5, 5.41) is 21.8. The summed E-state index contributed by atoms with van der Waals surface area (Å²) in [6.07, 6.45) is 12.7. The van der Waals surface area contributed by atoms with Gasteiger partial charge >= 0.3 is 0 Å². The fourth-order valence-electron chi connectivity index (χ4n) is 9.21. The predicted octanol–water partition coefficient (Wildman–Crippen LogP) is 6.17. The van der Waals surface area contributed by atoms with Crippen LogP contribution in [0.1, 0.15) is 99.3 Å². The molecule has 0 heterocycles. The zero-order valence-electron chi connectivity index (χ0n) is 21.4. The summed E-state index contributed by atoms with van der Waals surface area (Å²) in [5.41, 5.74) is -1.40. The lowest BCUT2D eigenvalue weighted by atomic mass is 9.42. The third-order valence-corrected chi connectivity index (χ3v) is 11.3. The summed E-state index contributed by atoms with van der Waals surface area (Å²) in [6.45, 7) is 14.0. The Labute approximate surface area is 196 Å². The number of hydrogen-bond acceptors (Lipinski definition) is 3. The number of carbonyl (C=O) groups excluding carboxylic acids is 1. The summed E-state index contributed by atoms with van der Waals surface area (Å²) in [4.78, 5) is 13.4. The molecule has 0 aromatic rings. The Morgan fingerprint density at radius 2 is 1.75 bits per heavy atom. The lowest BCUT2D eigenvalue weighted by molar-refractivity contribution is -0.213. The molecule has 0 aromatic carbocycles. The third kappa shape index (κ3) is 3.56. The smallest absolute Gasteiger partial charge is 0.165 e. The first-order valence-electron chi connectivity index (χ1n) is 13.6. The Kier molecular flexibility index (Phi) is 6.51. The minimum Gasteiger partial charge on any atom is -0.393 e. The van der Waals surface area contributed by atoms with Gasteiger partial charge in [0, 0.05) is 18.3 Å². The minimum absolute atomic E-state index is 0.0170. The Morgan fingerprint density at radius 3 is 2.41 bits per heavy atom. The molecule has 4 fully saturated rings. The summed E-state index contributed by atoms with van der Waals surface area (Å²) in [5.74, 6) is 4.03. The maximum absolute atomic E-state index is 13.4. The van der Waals surface area contributed by atoms with E-state index in [9.17, 15) is 15.0 Å². The predicted molar refractivity (Wildman–Crippen MR) is 130 cm³/mol. The van der Waals surface area contributed by atoms with Crippen LogP contribution in [0.15, 0.2) is 12.2 Å². The van der Waals surface area contributed by atoms with Crippen LogP contribution in [-0.2, 0) is 4.79 Å². The molecule has 4 aliphatic carbocycles. The van der Waals surface area contributed by atoms with Crippen molar-refractivity contribution in [1.82, 2.24) is 0 Å². The first-order chi connectivity index (χ1) is 15.0. The molecular weight excluding hydrogens is 396 g/mol. The lowest BCUT2D eigenvalue weighted by Crippen LogP contribution is -2.67. The summed E-state index contributed by atoms with van der Waals surface area (Å²) in [6, 6.07) is 0. The third-order valence-electron chi connectivity index (χ3n) is 11.3. The quantitative estimate of drug-likeness (QED) is 0.498. The highest BCUT2D eigenvalue weighted by molar-refractivity contribution is 5.89. The second-order valence-electron chi connectivity index (χ2n) is 13.0. The molecule has 0 radical (unpaired) electrons. The molecule has 182 valence electrons.